The van der Waals surface area contributed by atoms with Crippen molar-refractivity contribution in [2.75, 3.05) is 0 Å². The van der Waals surface area contributed by atoms with Crippen molar-refractivity contribution in [1.82, 2.24) is 0 Å². The highest BCUT2D eigenvalue weighted by molar-refractivity contribution is 6.01. The minimum absolute atomic E-state index is 0.0337. The van der Waals surface area contributed by atoms with Gasteiger partial charge < -0.3 is 5.11 Å². The minimum Gasteiger partial charge on any atom is -0.389 e. The van der Waals surface area contributed by atoms with Gasteiger partial charge in [-0.3, -0.25) is 4.79 Å². The van der Waals surface area contributed by atoms with E-state index in [0.29, 0.717) is 0 Å². The first-order valence-corrected chi connectivity index (χ1v) is 6.08. The number of hydrogen-bond donors (Lipinski definition) is 1. The maximum absolute atomic E-state index is 11.7. The quantitative estimate of drug-likeness (QED) is 0.802. The van der Waals surface area contributed by atoms with Crippen LogP contribution in [-0.4, -0.2) is 16.5 Å². The SMILES string of the molecule is CC1(O)CC(=O)C=C(c2ccccc2)C12CC2. The normalized spacial score (nSPS) is 30.2. The third-order valence-corrected chi connectivity index (χ3v) is 4.21. The van der Waals surface area contributed by atoms with Gasteiger partial charge in [-0.05, 0) is 37.0 Å². The molecule has 1 fully saturated rings. The highest BCUT2D eigenvalue weighted by Gasteiger charge is 2.60. The number of rotatable bonds is 1. The molecule has 2 heteroatoms. The van der Waals surface area contributed by atoms with Crippen LogP contribution in [0.1, 0.15) is 31.7 Å². The monoisotopic (exact) mass is 228 g/mol. The standard InChI is InChI=1S/C15H16O2/c1-14(17)10-12(16)9-13(15(14)7-8-15)11-5-3-2-4-6-11/h2-6,9,17H,7-8,10H2,1H3. The molecule has 2 aliphatic carbocycles. The van der Waals surface area contributed by atoms with Crippen LogP contribution in [0.4, 0.5) is 0 Å². The second kappa shape index (κ2) is 3.30. The molecule has 0 bridgehead atoms. The molecule has 1 atom stereocenters. The molecule has 2 nitrogen and oxygen atoms in total. The van der Waals surface area contributed by atoms with Crippen LogP contribution < -0.4 is 0 Å². The summed E-state index contributed by atoms with van der Waals surface area (Å²) in [4.78, 5) is 11.7. The van der Waals surface area contributed by atoms with Gasteiger partial charge in [-0.25, -0.2) is 0 Å². The van der Waals surface area contributed by atoms with Gasteiger partial charge in [0, 0.05) is 11.8 Å². The largest absolute Gasteiger partial charge is 0.389 e. The first kappa shape index (κ1) is 10.7. The van der Waals surface area contributed by atoms with Crippen molar-refractivity contribution in [3.05, 3.63) is 42.0 Å². The zero-order valence-electron chi connectivity index (χ0n) is 9.94. The van der Waals surface area contributed by atoms with E-state index in [4.69, 9.17) is 0 Å². The fourth-order valence-corrected chi connectivity index (χ4v) is 3.06. The van der Waals surface area contributed by atoms with E-state index in [9.17, 15) is 9.90 Å². The van der Waals surface area contributed by atoms with E-state index >= 15 is 0 Å². The number of hydrogen-bond acceptors (Lipinski definition) is 2. The molecule has 1 spiro atoms. The van der Waals surface area contributed by atoms with Crippen LogP contribution >= 0.6 is 0 Å². The molecule has 0 saturated heterocycles. The van der Waals surface area contributed by atoms with Crippen LogP contribution in [-0.2, 0) is 4.79 Å². The van der Waals surface area contributed by atoms with Gasteiger partial charge in [-0.2, -0.15) is 0 Å². The summed E-state index contributed by atoms with van der Waals surface area (Å²) in [5.74, 6) is 0.0337. The predicted octanol–water partition coefficient (Wildman–Crippen LogP) is 2.57. The van der Waals surface area contributed by atoms with E-state index in [-0.39, 0.29) is 17.6 Å². The molecular formula is C15H16O2. The molecule has 0 heterocycles. The lowest BCUT2D eigenvalue weighted by Gasteiger charge is -2.38. The Morgan fingerprint density at radius 3 is 2.41 bits per heavy atom. The third kappa shape index (κ3) is 1.48. The summed E-state index contributed by atoms with van der Waals surface area (Å²) in [6.45, 7) is 1.80. The summed E-state index contributed by atoms with van der Waals surface area (Å²) in [5.41, 5.74) is 1.03. The zero-order valence-corrected chi connectivity index (χ0v) is 9.94. The molecule has 0 aliphatic heterocycles. The molecule has 0 amide bonds. The number of ketones is 1. The molecule has 0 aromatic heterocycles. The molecule has 1 aromatic carbocycles. The summed E-state index contributed by atoms with van der Waals surface area (Å²) in [6.07, 6.45) is 3.95. The smallest absolute Gasteiger partial charge is 0.158 e. The Balaban J connectivity index is 2.12. The maximum Gasteiger partial charge on any atom is 0.158 e. The van der Waals surface area contributed by atoms with Gasteiger partial charge in [0.25, 0.3) is 0 Å². The Bertz CT molecular complexity index is 493. The number of benzene rings is 1. The molecule has 1 N–H and O–H groups in total. The van der Waals surface area contributed by atoms with E-state index in [1.54, 1.807) is 13.0 Å². The number of carbonyl (C=O) groups excluding carboxylic acids is 1. The lowest BCUT2D eigenvalue weighted by molar-refractivity contribution is -0.121. The van der Waals surface area contributed by atoms with Crippen molar-refractivity contribution in [3.63, 3.8) is 0 Å². The predicted molar refractivity (Wildman–Crippen MR) is 66.3 cm³/mol. The lowest BCUT2D eigenvalue weighted by Crippen LogP contribution is -2.42. The van der Waals surface area contributed by atoms with Crippen molar-refractivity contribution in [2.45, 2.75) is 31.8 Å². The van der Waals surface area contributed by atoms with Gasteiger partial charge >= 0.3 is 0 Å². The van der Waals surface area contributed by atoms with Gasteiger partial charge in [-0.15, -0.1) is 0 Å². The van der Waals surface area contributed by atoms with E-state index < -0.39 is 5.60 Å². The van der Waals surface area contributed by atoms with Crippen LogP contribution in [0.15, 0.2) is 36.4 Å². The molecule has 1 saturated carbocycles. The van der Waals surface area contributed by atoms with Crippen LogP contribution in [0.3, 0.4) is 0 Å². The third-order valence-electron chi connectivity index (χ3n) is 4.21. The molecule has 0 radical (unpaired) electrons. The Kier molecular flexibility index (Phi) is 2.08. The van der Waals surface area contributed by atoms with Crippen LogP contribution in [0.5, 0.6) is 0 Å². The van der Waals surface area contributed by atoms with Gasteiger partial charge in [-0.1, -0.05) is 30.3 Å². The maximum atomic E-state index is 11.7. The summed E-state index contributed by atoms with van der Waals surface area (Å²) in [5, 5.41) is 10.5. The number of carbonyl (C=O) groups is 1. The first-order chi connectivity index (χ1) is 8.05. The number of allylic oxidation sites excluding steroid dienone is 1. The summed E-state index contributed by atoms with van der Waals surface area (Å²) >= 11 is 0. The number of aliphatic hydroxyl groups is 1. The van der Waals surface area contributed by atoms with E-state index in [0.717, 1.165) is 24.0 Å². The highest BCUT2D eigenvalue weighted by Crippen LogP contribution is 2.64. The first-order valence-electron chi connectivity index (χ1n) is 6.08. The van der Waals surface area contributed by atoms with Gasteiger partial charge in [0.2, 0.25) is 0 Å². The fourth-order valence-electron chi connectivity index (χ4n) is 3.06. The average Bonchev–Trinajstić information content (AvgIpc) is 3.06. The fraction of sp³-hybridized carbons (Fsp3) is 0.400. The summed E-state index contributed by atoms with van der Waals surface area (Å²) < 4.78 is 0. The van der Waals surface area contributed by atoms with Crippen molar-refractivity contribution >= 4 is 11.4 Å². The second-order valence-corrected chi connectivity index (χ2v) is 5.42. The Morgan fingerprint density at radius 1 is 1.18 bits per heavy atom. The summed E-state index contributed by atoms with van der Waals surface area (Å²) in [6, 6.07) is 9.94. The van der Waals surface area contributed by atoms with Crippen LogP contribution in [0, 0.1) is 5.41 Å². The lowest BCUT2D eigenvalue weighted by atomic mass is 9.70. The van der Waals surface area contributed by atoms with E-state index in [1.165, 1.54) is 0 Å². The highest BCUT2D eigenvalue weighted by atomic mass is 16.3. The molecule has 88 valence electrons. The van der Waals surface area contributed by atoms with E-state index in [1.807, 2.05) is 30.3 Å². The second-order valence-electron chi connectivity index (χ2n) is 5.42. The van der Waals surface area contributed by atoms with E-state index in [2.05, 4.69) is 0 Å². The van der Waals surface area contributed by atoms with Gasteiger partial charge in [0.15, 0.2) is 5.78 Å². The topological polar surface area (TPSA) is 37.3 Å². The Morgan fingerprint density at radius 2 is 1.82 bits per heavy atom. The Labute approximate surface area is 101 Å². The average molecular weight is 228 g/mol. The van der Waals surface area contributed by atoms with Gasteiger partial charge in [0.05, 0.1) is 5.60 Å². The Hall–Kier alpha value is -1.41. The molecule has 1 aromatic rings. The van der Waals surface area contributed by atoms with Gasteiger partial charge in [0.1, 0.15) is 0 Å². The van der Waals surface area contributed by atoms with Crippen LogP contribution in [0.25, 0.3) is 5.57 Å². The van der Waals surface area contributed by atoms with Crippen molar-refractivity contribution in [3.8, 4) is 0 Å². The summed E-state index contributed by atoms with van der Waals surface area (Å²) in [7, 11) is 0. The van der Waals surface area contributed by atoms with Crippen molar-refractivity contribution in [1.29, 1.82) is 0 Å². The van der Waals surface area contributed by atoms with Crippen LogP contribution in [0.2, 0.25) is 0 Å². The minimum atomic E-state index is -0.885. The molecule has 3 rings (SSSR count). The molecular weight excluding hydrogens is 212 g/mol. The van der Waals surface area contributed by atoms with Crippen molar-refractivity contribution < 1.29 is 9.90 Å². The molecule has 1 unspecified atom stereocenters. The molecule has 17 heavy (non-hydrogen) atoms. The molecule has 2 aliphatic rings. The van der Waals surface area contributed by atoms with Crippen molar-refractivity contribution in [2.24, 2.45) is 5.41 Å². The zero-order chi connectivity index (χ0) is 12.1.